The molecule has 102 valence electrons. The summed E-state index contributed by atoms with van der Waals surface area (Å²) in [6.07, 6.45) is 0.297. The summed E-state index contributed by atoms with van der Waals surface area (Å²) in [7, 11) is 0. The molecule has 0 spiro atoms. The first-order valence-corrected chi connectivity index (χ1v) is 6.55. The van der Waals surface area contributed by atoms with Gasteiger partial charge in [0.1, 0.15) is 18.5 Å². The van der Waals surface area contributed by atoms with Crippen molar-refractivity contribution in [3.8, 4) is 5.75 Å². The smallest absolute Gasteiger partial charge is 0.138 e. The van der Waals surface area contributed by atoms with Crippen LogP contribution < -0.4 is 15.8 Å². The predicted octanol–water partition coefficient (Wildman–Crippen LogP) is 1.67. The van der Waals surface area contributed by atoms with Crippen molar-refractivity contribution in [2.75, 3.05) is 26.2 Å². The minimum Gasteiger partial charge on any atom is -0.489 e. The molecule has 4 N–H and O–H groups in total. The van der Waals surface area contributed by atoms with Crippen LogP contribution in [0.1, 0.15) is 6.42 Å². The number of aliphatic hydroxyl groups is 1. The fraction of sp³-hybridized carbons (Fsp3) is 0.500. The SMILES string of the molecule is NCCCNCC(O)COc1ccc(Cl)cc1Cl. The van der Waals surface area contributed by atoms with E-state index in [0.717, 1.165) is 13.0 Å². The van der Waals surface area contributed by atoms with Crippen molar-refractivity contribution in [3.05, 3.63) is 28.2 Å². The molecule has 1 unspecified atom stereocenters. The molecule has 18 heavy (non-hydrogen) atoms. The van der Waals surface area contributed by atoms with Crippen molar-refractivity contribution >= 4 is 23.2 Å². The summed E-state index contributed by atoms with van der Waals surface area (Å²) < 4.78 is 5.41. The van der Waals surface area contributed by atoms with Gasteiger partial charge in [0.2, 0.25) is 0 Å². The molecule has 4 nitrogen and oxygen atoms in total. The first kappa shape index (κ1) is 15.5. The molecular weight excluding hydrogens is 275 g/mol. The monoisotopic (exact) mass is 292 g/mol. The van der Waals surface area contributed by atoms with E-state index in [4.69, 9.17) is 33.7 Å². The Balaban J connectivity index is 2.27. The van der Waals surface area contributed by atoms with Crippen LogP contribution in [0.15, 0.2) is 18.2 Å². The van der Waals surface area contributed by atoms with Gasteiger partial charge in [0.25, 0.3) is 0 Å². The van der Waals surface area contributed by atoms with Crippen LogP contribution in [0.3, 0.4) is 0 Å². The number of halogens is 2. The second-order valence-corrected chi connectivity index (χ2v) is 4.73. The van der Waals surface area contributed by atoms with Gasteiger partial charge in [-0.25, -0.2) is 0 Å². The van der Waals surface area contributed by atoms with E-state index in [1.54, 1.807) is 18.2 Å². The lowest BCUT2D eigenvalue weighted by molar-refractivity contribution is 0.106. The van der Waals surface area contributed by atoms with Gasteiger partial charge in [0.15, 0.2) is 0 Å². The number of benzene rings is 1. The number of rotatable bonds is 8. The van der Waals surface area contributed by atoms with Gasteiger partial charge >= 0.3 is 0 Å². The minimum atomic E-state index is -0.588. The maximum atomic E-state index is 9.67. The first-order chi connectivity index (χ1) is 8.63. The molecule has 0 amide bonds. The molecule has 0 saturated carbocycles. The minimum absolute atomic E-state index is 0.178. The molecule has 0 heterocycles. The van der Waals surface area contributed by atoms with Crippen LogP contribution in [0.25, 0.3) is 0 Å². The highest BCUT2D eigenvalue weighted by Crippen LogP contribution is 2.27. The Morgan fingerprint density at radius 2 is 2.17 bits per heavy atom. The molecule has 0 bridgehead atoms. The average Bonchev–Trinajstić information content (AvgIpc) is 2.33. The summed E-state index contributed by atoms with van der Waals surface area (Å²) in [6, 6.07) is 4.97. The zero-order valence-corrected chi connectivity index (χ0v) is 11.5. The first-order valence-electron chi connectivity index (χ1n) is 5.80. The lowest BCUT2D eigenvalue weighted by Gasteiger charge is -2.14. The molecule has 0 aliphatic rings. The number of nitrogens with two attached hydrogens (primary N) is 1. The molecule has 0 aliphatic carbocycles. The molecule has 0 aliphatic heterocycles. The van der Waals surface area contributed by atoms with E-state index in [9.17, 15) is 5.11 Å². The quantitative estimate of drug-likeness (QED) is 0.638. The summed E-state index contributed by atoms with van der Waals surface area (Å²) in [5.41, 5.74) is 5.36. The van der Waals surface area contributed by atoms with Gasteiger partial charge in [-0.15, -0.1) is 0 Å². The van der Waals surface area contributed by atoms with Crippen LogP contribution in [0.2, 0.25) is 10.0 Å². The van der Waals surface area contributed by atoms with Gasteiger partial charge in [-0.1, -0.05) is 23.2 Å². The second kappa shape index (κ2) is 8.56. The Morgan fingerprint density at radius 1 is 1.39 bits per heavy atom. The Morgan fingerprint density at radius 3 is 2.83 bits per heavy atom. The van der Waals surface area contributed by atoms with Gasteiger partial charge in [-0.2, -0.15) is 0 Å². The van der Waals surface area contributed by atoms with Crippen molar-refractivity contribution < 1.29 is 9.84 Å². The normalized spacial score (nSPS) is 12.4. The van der Waals surface area contributed by atoms with Gasteiger partial charge < -0.3 is 20.9 Å². The molecule has 0 aromatic heterocycles. The van der Waals surface area contributed by atoms with Crippen LogP contribution in [0.4, 0.5) is 0 Å². The zero-order valence-electron chi connectivity index (χ0n) is 10.0. The number of nitrogens with one attached hydrogen (secondary N) is 1. The Kier molecular flexibility index (Phi) is 7.39. The molecule has 6 heteroatoms. The maximum Gasteiger partial charge on any atom is 0.138 e. The topological polar surface area (TPSA) is 67.5 Å². The predicted molar refractivity (Wildman–Crippen MR) is 74.5 cm³/mol. The Labute approximate surface area is 117 Å². The van der Waals surface area contributed by atoms with E-state index in [-0.39, 0.29) is 6.61 Å². The van der Waals surface area contributed by atoms with Crippen molar-refractivity contribution in [2.45, 2.75) is 12.5 Å². The molecular formula is C12H18Cl2N2O2. The highest BCUT2D eigenvalue weighted by atomic mass is 35.5. The summed E-state index contributed by atoms with van der Waals surface area (Å²) in [4.78, 5) is 0. The molecule has 1 rings (SSSR count). The highest BCUT2D eigenvalue weighted by molar-refractivity contribution is 6.35. The zero-order chi connectivity index (χ0) is 13.4. The Bertz CT molecular complexity index is 364. The number of ether oxygens (including phenoxy) is 1. The van der Waals surface area contributed by atoms with E-state index in [0.29, 0.717) is 28.9 Å². The fourth-order valence-corrected chi connectivity index (χ4v) is 1.80. The van der Waals surface area contributed by atoms with Crippen LogP contribution in [-0.2, 0) is 0 Å². The van der Waals surface area contributed by atoms with E-state index in [2.05, 4.69) is 5.32 Å². The van der Waals surface area contributed by atoms with Crippen LogP contribution in [0.5, 0.6) is 5.75 Å². The van der Waals surface area contributed by atoms with E-state index < -0.39 is 6.10 Å². The molecule has 0 fully saturated rings. The number of hydrogen-bond donors (Lipinski definition) is 3. The highest BCUT2D eigenvalue weighted by Gasteiger charge is 2.07. The molecule has 1 aromatic carbocycles. The molecule has 0 radical (unpaired) electrons. The molecule has 0 saturated heterocycles. The Hall–Kier alpha value is -0.520. The van der Waals surface area contributed by atoms with Crippen LogP contribution in [0, 0.1) is 0 Å². The van der Waals surface area contributed by atoms with Gasteiger partial charge in [-0.05, 0) is 37.7 Å². The molecule has 1 atom stereocenters. The van der Waals surface area contributed by atoms with Crippen molar-refractivity contribution in [1.82, 2.24) is 5.32 Å². The van der Waals surface area contributed by atoms with Gasteiger partial charge in [0, 0.05) is 11.6 Å². The lowest BCUT2D eigenvalue weighted by Crippen LogP contribution is -2.32. The fourth-order valence-electron chi connectivity index (χ4n) is 1.33. The molecule has 1 aromatic rings. The summed E-state index contributed by atoms with van der Waals surface area (Å²) in [6.45, 7) is 2.07. The van der Waals surface area contributed by atoms with Gasteiger partial charge in [0.05, 0.1) is 5.02 Å². The summed E-state index contributed by atoms with van der Waals surface area (Å²) in [5.74, 6) is 0.516. The third-order valence-electron chi connectivity index (χ3n) is 2.26. The third-order valence-corrected chi connectivity index (χ3v) is 2.79. The number of aliphatic hydroxyl groups excluding tert-OH is 1. The maximum absolute atomic E-state index is 9.67. The van der Waals surface area contributed by atoms with Crippen molar-refractivity contribution in [1.29, 1.82) is 0 Å². The van der Waals surface area contributed by atoms with Crippen molar-refractivity contribution in [2.24, 2.45) is 5.73 Å². The van der Waals surface area contributed by atoms with Gasteiger partial charge in [-0.3, -0.25) is 0 Å². The summed E-state index contributed by atoms with van der Waals surface area (Å²) in [5, 5.41) is 13.7. The largest absolute Gasteiger partial charge is 0.489 e. The van der Waals surface area contributed by atoms with E-state index in [1.165, 1.54) is 0 Å². The van der Waals surface area contributed by atoms with Crippen LogP contribution in [-0.4, -0.2) is 37.5 Å². The van der Waals surface area contributed by atoms with Crippen LogP contribution >= 0.6 is 23.2 Å². The van der Waals surface area contributed by atoms with E-state index in [1.807, 2.05) is 0 Å². The second-order valence-electron chi connectivity index (χ2n) is 3.89. The number of hydrogen-bond acceptors (Lipinski definition) is 4. The third kappa shape index (κ3) is 5.89. The van der Waals surface area contributed by atoms with Crippen molar-refractivity contribution in [3.63, 3.8) is 0 Å². The standard InChI is InChI=1S/C12H18Cl2N2O2/c13-9-2-3-12(11(14)6-9)18-8-10(17)7-16-5-1-4-15/h2-3,6,10,16-17H,1,4-5,7-8,15H2. The summed E-state index contributed by atoms with van der Waals surface area (Å²) >= 11 is 11.7. The average molecular weight is 293 g/mol. The van der Waals surface area contributed by atoms with E-state index >= 15 is 0 Å². The lowest BCUT2D eigenvalue weighted by atomic mass is 10.3.